The molecule has 6 heteroatoms. The molecule has 2 aliphatic rings. The fourth-order valence-corrected chi connectivity index (χ4v) is 3.72. The van der Waals surface area contributed by atoms with Gasteiger partial charge in [0.05, 0.1) is 18.2 Å². The zero-order valence-electron chi connectivity index (χ0n) is 14.3. The first-order valence-corrected chi connectivity index (χ1v) is 9.02. The Hall–Kier alpha value is -1.82. The van der Waals surface area contributed by atoms with E-state index in [4.69, 9.17) is 4.74 Å². The second-order valence-corrected chi connectivity index (χ2v) is 6.91. The van der Waals surface area contributed by atoms with Crippen LogP contribution in [-0.2, 0) is 11.8 Å². The molecule has 0 bridgehead atoms. The standard InChI is InChI=1S/C18H27N3O3/c1-21-12-6-10-15(17(21)22)20-18(23)19-14-9-4-5-11-16(14)24-13-7-2-3-8-13/h6,10,12-14,16H,2-5,7-9,11H2,1H3,(H2,19,20,23)/t14-,16-/m1/s1. The summed E-state index contributed by atoms with van der Waals surface area (Å²) in [6.45, 7) is 0. The van der Waals surface area contributed by atoms with Crippen LogP contribution in [0.1, 0.15) is 51.4 Å². The van der Waals surface area contributed by atoms with Gasteiger partial charge in [-0.3, -0.25) is 4.79 Å². The van der Waals surface area contributed by atoms with Crippen molar-refractivity contribution in [2.45, 2.75) is 69.6 Å². The molecule has 2 fully saturated rings. The molecule has 24 heavy (non-hydrogen) atoms. The number of anilines is 1. The number of hydrogen-bond acceptors (Lipinski definition) is 3. The molecule has 0 radical (unpaired) electrons. The minimum Gasteiger partial charge on any atom is -0.373 e. The molecule has 132 valence electrons. The molecule has 0 aromatic carbocycles. The summed E-state index contributed by atoms with van der Waals surface area (Å²) in [7, 11) is 1.66. The average Bonchev–Trinajstić information content (AvgIpc) is 3.07. The van der Waals surface area contributed by atoms with Gasteiger partial charge in [0.2, 0.25) is 0 Å². The third kappa shape index (κ3) is 4.17. The van der Waals surface area contributed by atoms with E-state index in [9.17, 15) is 9.59 Å². The van der Waals surface area contributed by atoms with E-state index < -0.39 is 0 Å². The molecule has 2 atom stereocenters. The van der Waals surface area contributed by atoms with Crippen molar-refractivity contribution in [2.75, 3.05) is 5.32 Å². The largest absolute Gasteiger partial charge is 0.373 e. The second-order valence-electron chi connectivity index (χ2n) is 6.91. The number of nitrogens with one attached hydrogen (secondary N) is 2. The number of pyridine rings is 1. The van der Waals surface area contributed by atoms with Crippen LogP contribution >= 0.6 is 0 Å². The van der Waals surface area contributed by atoms with Gasteiger partial charge >= 0.3 is 6.03 Å². The van der Waals surface area contributed by atoms with E-state index >= 15 is 0 Å². The summed E-state index contributed by atoms with van der Waals surface area (Å²) in [5.74, 6) is 0. The molecule has 1 aromatic heterocycles. The van der Waals surface area contributed by atoms with Gasteiger partial charge in [-0.1, -0.05) is 25.7 Å². The number of aryl methyl sites for hydroxylation is 1. The number of ether oxygens (including phenoxy) is 1. The van der Waals surface area contributed by atoms with Crippen LogP contribution in [0.15, 0.2) is 23.1 Å². The van der Waals surface area contributed by atoms with Crippen molar-refractivity contribution in [3.63, 3.8) is 0 Å². The summed E-state index contributed by atoms with van der Waals surface area (Å²) in [5.41, 5.74) is 0.0802. The third-order valence-electron chi connectivity index (χ3n) is 5.06. The fraction of sp³-hybridized carbons (Fsp3) is 0.667. The molecular formula is C18H27N3O3. The van der Waals surface area contributed by atoms with Gasteiger partial charge in [-0.2, -0.15) is 0 Å². The summed E-state index contributed by atoms with van der Waals surface area (Å²) in [4.78, 5) is 24.3. The topological polar surface area (TPSA) is 72.4 Å². The molecule has 1 aromatic rings. The maximum atomic E-state index is 12.3. The maximum absolute atomic E-state index is 12.3. The van der Waals surface area contributed by atoms with Gasteiger partial charge in [0.15, 0.2) is 0 Å². The van der Waals surface area contributed by atoms with Gasteiger partial charge in [-0.25, -0.2) is 4.79 Å². The number of carbonyl (C=O) groups is 1. The van der Waals surface area contributed by atoms with Gasteiger partial charge < -0.3 is 19.9 Å². The Bertz CT molecular complexity index is 622. The number of aromatic nitrogens is 1. The summed E-state index contributed by atoms with van der Waals surface area (Å²) in [6, 6.07) is 3.05. The minimum atomic E-state index is -0.328. The highest BCUT2D eigenvalue weighted by molar-refractivity contribution is 5.89. The first kappa shape index (κ1) is 17.0. The first-order chi connectivity index (χ1) is 11.6. The first-order valence-electron chi connectivity index (χ1n) is 9.02. The Morgan fingerprint density at radius 1 is 1.17 bits per heavy atom. The van der Waals surface area contributed by atoms with Crippen LogP contribution in [0.4, 0.5) is 10.5 Å². The Balaban J connectivity index is 1.58. The summed E-state index contributed by atoms with van der Waals surface area (Å²) < 4.78 is 7.70. The van der Waals surface area contributed by atoms with E-state index in [-0.39, 0.29) is 23.7 Å². The number of amides is 2. The van der Waals surface area contributed by atoms with Crippen LogP contribution in [-0.4, -0.2) is 28.8 Å². The molecule has 0 unspecified atom stereocenters. The Morgan fingerprint density at radius 3 is 2.67 bits per heavy atom. The summed E-state index contributed by atoms with van der Waals surface area (Å²) in [5, 5.41) is 5.69. The normalized spacial score (nSPS) is 24.7. The molecule has 2 saturated carbocycles. The number of nitrogens with zero attached hydrogens (tertiary/aromatic N) is 1. The van der Waals surface area contributed by atoms with E-state index in [1.54, 1.807) is 25.4 Å². The summed E-state index contributed by atoms with van der Waals surface area (Å²) >= 11 is 0. The number of urea groups is 1. The van der Waals surface area contributed by atoms with Crippen LogP contribution in [0, 0.1) is 0 Å². The van der Waals surface area contributed by atoms with Crippen LogP contribution in [0.25, 0.3) is 0 Å². The van der Waals surface area contributed by atoms with Crippen molar-refractivity contribution >= 4 is 11.7 Å². The molecule has 2 N–H and O–H groups in total. The SMILES string of the molecule is Cn1cccc(NC(=O)N[C@@H]2CCCC[C@H]2OC2CCCC2)c1=O. The lowest BCUT2D eigenvalue weighted by molar-refractivity contribution is -0.0407. The van der Waals surface area contributed by atoms with E-state index in [1.165, 1.54) is 17.4 Å². The van der Waals surface area contributed by atoms with Crippen LogP contribution in [0.3, 0.4) is 0 Å². The van der Waals surface area contributed by atoms with E-state index in [0.29, 0.717) is 11.8 Å². The van der Waals surface area contributed by atoms with Gasteiger partial charge in [-0.05, 0) is 37.8 Å². The minimum absolute atomic E-state index is 0.0203. The van der Waals surface area contributed by atoms with E-state index in [0.717, 1.165) is 38.5 Å². The predicted octanol–water partition coefficient (Wildman–Crippen LogP) is 2.78. The molecule has 2 amide bonds. The lowest BCUT2D eigenvalue weighted by atomic mass is 9.92. The monoisotopic (exact) mass is 333 g/mol. The Kier molecular flexibility index (Phi) is 5.56. The van der Waals surface area contributed by atoms with Crippen molar-refractivity contribution in [3.8, 4) is 0 Å². The molecule has 0 aliphatic heterocycles. The predicted molar refractivity (Wildman–Crippen MR) is 93.2 cm³/mol. The Morgan fingerprint density at radius 2 is 1.88 bits per heavy atom. The van der Waals surface area contributed by atoms with Gasteiger partial charge in [0.25, 0.3) is 5.56 Å². The fourth-order valence-electron chi connectivity index (χ4n) is 3.72. The molecule has 3 rings (SSSR count). The maximum Gasteiger partial charge on any atom is 0.319 e. The van der Waals surface area contributed by atoms with Crippen molar-refractivity contribution in [3.05, 3.63) is 28.7 Å². The molecule has 6 nitrogen and oxygen atoms in total. The Labute approximate surface area is 142 Å². The summed E-state index contributed by atoms with van der Waals surface area (Å²) in [6.07, 6.45) is 11.0. The second kappa shape index (κ2) is 7.83. The van der Waals surface area contributed by atoms with Crippen LogP contribution in [0.2, 0.25) is 0 Å². The van der Waals surface area contributed by atoms with Crippen molar-refractivity contribution < 1.29 is 9.53 Å². The molecule has 0 spiro atoms. The third-order valence-corrected chi connectivity index (χ3v) is 5.06. The number of carbonyl (C=O) groups excluding carboxylic acids is 1. The lowest BCUT2D eigenvalue weighted by Gasteiger charge is -2.34. The van der Waals surface area contributed by atoms with Gasteiger partial charge in [0.1, 0.15) is 5.69 Å². The van der Waals surface area contributed by atoms with Crippen molar-refractivity contribution in [1.82, 2.24) is 9.88 Å². The van der Waals surface area contributed by atoms with E-state index in [2.05, 4.69) is 10.6 Å². The smallest absolute Gasteiger partial charge is 0.319 e. The molecule has 0 saturated heterocycles. The zero-order valence-corrected chi connectivity index (χ0v) is 14.3. The highest BCUT2D eigenvalue weighted by Gasteiger charge is 2.30. The van der Waals surface area contributed by atoms with Crippen molar-refractivity contribution in [1.29, 1.82) is 0 Å². The molecule has 2 aliphatic carbocycles. The highest BCUT2D eigenvalue weighted by atomic mass is 16.5. The zero-order chi connectivity index (χ0) is 16.9. The molecule has 1 heterocycles. The van der Waals surface area contributed by atoms with Crippen molar-refractivity contribution in [2.24, 2.45) is 7.05 Å². The average molecular weight is 333 g/mol. The number of rotatable bonds is 4. The highest BCUT2D eigenvalue weighted by Crippen LogP contribution is 2.28. The number of hydrogen-bond donors (Lipinski definition) is 2. The van der Waals surface area contributed by atoms with Gasteiger partial charge in [0, 0.05) is 13.2 Å². The van der Waals surface area contributed by atoms with Crippen LogP contribution in [0.5, 0.6) is 0 Å². The van der Waals surface area contributed by atoms with Crippen LogP contribution < -0.4 is 16.2 Å². The quantitative estimate of drug-likeness (QED) is 0.890. The molecular weight excluding hydrogens is 306 g/mol. The van der Waals surface area contributed by atoms with Gasteiger partial charge in [-0.15, -0.1) is 0 Å². The van der Waals surface area contributed by atoms with E-state index in [1.807, 2.05) is 0 Å². The lowest BCUT2D eigenvalue weighted by Crippen LogP contribution is -2.49.